The summed E-state index contributed by atoms with van der Waals surface area (Å²) in [6, 6.07) is 1.20. The third-order valence-corrected chi connectivity index (χ3v) is 4.63. The van der Waals surface area contributed by atoms with Gasteiger partial charge in [-0.2, -0.15) is 36.3 Å². The Morgan fingerprint density at radius 2 is 1.57 bits per heavy atom. The van der Waals surface area contributed by atoms with Crippen LogP contribution in [0.25, 0.3) is 0 Å². The first-order valence-corrected chi connectivity index (χ1v) is 9.18. The Morgan fingerprint density at radius 3 is 2.00 bits per heavy atom. The first-order valence-electron chi connectivity index (χ1n) is 7.99. The van der Waals surface area contributed by atoms with Gasteiger partial charge >= 0.3 is 18.4 Å². The zero-order valence-electron chi connectivity index (χ0n) is 14.9. The lowest BCUT2D eigenvalue weighted by Crippen LogP contribution is -2.23. The molecule has 0 fully saturated rings. The number of urea groups is 1. The van der Waals surface area contributed by atoms with Gasteiger partial charge in [-0.3, -0.25) is 10.6 Å². The maximum absolute atomic E-state index is 12.3. The molecule has 0 bridgehead atoms. The van der Waals surface area contributed by atoms with Gasteiger partial charge in [-0.15, -0.1) is 11.3 Å². The van der Waals surface area contributed by atoms with Crippen LogP contribution in [0.4, 0.5) is 42.1 Å². The topological polar surface area (TPSA) is 85.4 Å². The fraction of sp³-hybridized carbons (Fsp3) is 0.400. The van der Waals surface area contributed by atoms with Crippen molar-refractivity contribution in [3.8, 4) is 11.8 Å². The number of amides is 2. The molecule has 30 heavy (non-hydrogen) atoms. The minimum absolute atomic E-state index is 0.354. The standard InChI is InChI=1S/C15H13ClF6N4O3S/c1-2-8-7(16)3-11(30-8)25-13(27)26-12-23-9(28-5-14(17,18)19)4-10(24-12)29-6-15(20,21)22/h3-4H,2,5-6H2,1H3,(H2,23,24,25,26,27). The van der Waals surface area contributed by atoms with E-state index in [1.54, 1.807) is 0 Å². The summed E-state index contributed by atoms with van der Waals surface area (Å²) in [5.74, 6) is -2.13. The normalized spacial score (nSPS) is 11.9. The molecular weight excluding hydrogens is 466 g/mol. The van der Waals surface area contributed by atoms with Crippen LogP contribution in [0.2, 0.25) is 5.02 Å². The summed E-state index contributed by atoms with van der Waals surface area (Å²) in [5, 5.41) is 5.26. The minimum atomic E-state index is -4.72. The molecule has 0 aliphatic rings. The van der Waals surface area contributed by atoms with Crippen LogP contribution in [-0.4, -0.2) is 41.6 Å². The van der Waals surface area contributed by atoms with Crippen molar-refractivity contribution in [2.75, 3.05) is 23.8 Å². The Balaban J connectivity index is 2.15. The van der Waals surface area contributed by atoms with Crippen molar-refractivity contribution in [1.82, 2.24) is 9.97 Å². The molecule has 0 saturated heterocycles. The van der Waals surface area contributed by atoms with Crippen LogP contribution in [0.1, 0.15) is 11.8 Å². The van der Waals surface area contributed by atoms with Crippen molar-refractivity contribution >= 4 is 39.9 Å². The SMILES string of the molecule is CCc1sc(NC(=O)Nc2nc(OCC(F)(F)F)cc(OCC(F)(F)F)n2)cc1Cl. The van der Waals surface area contributed by atoms with Crippen LogP contribution < -0.4 is 20.1 Å². The lowest BCUT2D eigenvalue weighted by molar-refractivity contribution is -0.154. The quantitative estimate of drug-likeness (QED) is 0.529. The first kappa shape index (κ1) is 23.8. The number of hydrogen-bond donors (Lipinski definition) is 2. The number of aryl methyl sites for hydroxylation is 1. The summed E-state index contributed by atoms with van der Waals surface area (Å²) in [6.07, 6.45) is -8.83. The van der Waals surface area contributed by atoms with Crippen molar-refractivity contribution in [3.63, 3.8) is 0 Å². The largest absolute Gasteiger partial charge is 0.468 e. The number of nitrogens with zero attached hydrogens (tertiary/aromatic N) is 2. The van der Waals surface area contributed by atoms with E-state index in [0.29, 0.717) is 22.5 Å². The first-order chi connectivity index (χ1) is 13.8. The number of alkyl halides is 6. The molecule has 15 heteroatoms. The van der Waals surface area contributed by atoms with Gasteiger partial charge in [-0.1, -0.05) is 18.5 Å². The number of aromatic nitrogens is 2. The maximum atomic E-state index is 12.3. The highest BCUT2D eigenvalue weighted by Gasteiger charge is 2.30. The lowest BCUT2D eigenvalue weighted by atomic mass is 10.4. The van der Waals surface area contributed by atoms with Crippen LogP contribution in [0.3, 0.4) is 0 Å². The van der Waals surface area contributed by atoms with E-state index < -0.39 is 49.3 Å². The molecule has 2 heterocycles. The molecular formula is C15H13ClF6N4O3S. The predicted octanol–water partition coefficient (Wildman–Crippen LogP) is 5.28. The van der Waals surface area contributed by atoms with Gasteiger partial charge in [0.05, 0.1) is 16.1 Å². The number of halogens is 7. The second-order valence-electron chi connectivity index (χ2n) is 5.49. The average molecular weight is 479 g/mol. The molecule has 166 valence electrons. The number of ether oxygens (including phenoxy) is 2. The Labute approximate surface area is 174 Å². The van der Waals surface area contributed by atoms with Gasteiger partial charge in [-0.25, -0.2) is 4.79 Å². The summed E-state index contributed by atoms with van der Waals surface area (Å²) in [6.45, 7) is -1.67. The van der Waals surface area contributed by atoms with Crippen molar-refractivity contribution in [3.05, 3.63) is 22.0 Å². The van der Waals surface area contributed by atoms with Gasteiger partial charge < -0.3 is 9.47 Å². The number of rotatable bonds is 7. The third-order valence-electron chi connectivity index (χ3n) is 2.99. The second-order valence-corrected chi connectivity index (χ2v) is 7.03. The molecule has 0 unspecified atom stereocenters. The van der Waals surface area contributed by atoms with E-state index in [-0.39, 0.29) is 0 Å². The molecule has 0 saturated carbocycles. The molecule has 0 spiro atoms. The third kappa shape index (κ3) is 8.10. The molecule has 2 N–H and O–H groups in total. The zero-order valence-corrected chi connectivity index (χ0v) is 16.5. The van der Waals surface area contributed by atoms with Crippen LogP contribution in [0, 0.1) is 0 Å². The molecule has 2 rings (SSSR count). The molecule has 2 amide bonds. The van der Waals surface area contributed by atoms with Crippen molar-refractivity contribution < 1.29 is 40.6 Å². The molecule has 2 aromatic heterocycles. The van der Waals surface area contributed by atoms with Gasteiger partial charge in [0.25, 0.3) is 0 Å². The number of anilines is 2. The molecule has 2 aromatic rings. The average Bonchev–Trinajstić information content (AvgIpc) is 2.96. The summed E-state index contributed by atoms with van der Waals surface area (Å²) in [4.78, 5) is 19.9. The van der Waals surface area contributed by atoms with Crippen LogP contribution in [-0.2, 0) is 6.42 Å². The van der Waals surface area contributed by atoms with E-state index >= 15 is 0 Å². The lowest BCUT2D eigenvalue weighted by Gasteiger charge is -2.13. The monoisotopic (exact) mass is 478 g/mol. The van der Waals surface area contributed by atoms with Crippen molar-refractivity contribution in [2.45, 2.75) is 25.7 Å². The molecule has 7 nitrogen and oxygen atoms in total. The number of carbonyl (C=O) groups excluding carboxylic acids is 1. The smallest absolute Gasteiger partial charge is 0.422 e. The van der Waals surface area contributed by atoms with E-state index in [0.717, 1.165) is 4.88 Å². The molecule has 0 radical (unpaired) electrons. The Morgan fingerprint density at radius 1 is 1.03 bits per heavy atom. The Bertz CT molecular complexity index is 854. The van der Waals surface area contributed by atoms with E-state index in [4.69, 9.17) is 11.6 Å². The highest BCUT2D eigenvalue weighted by atomic mass is 35.5. The number of hydrogen-bond acceptors (Lipinski definition) is 6. The second kappa shape index (κ2) is 9.55. The van der Waals surface area contributed by atoms with Crippen LogP contribution in [0.5, 0.6) is 11.8 Å². The summed E-state index contributed by atoms with van der Waals surface area (Å²) in [5.41, 5.74) is 0. The van der Waals surface area contributed by atoms with Crippen molar-refractivity contribution in [1.29, 1.82) is 0 Å². The number of thiophene rings is 1. The fourth-order valence-electron chi connectivity index (χ4n) is 1.87. The molecule has 0 aliphatic carbocycles. The molecule has 0 aromatic carbocycles. The summed E-state index contributed by atoms with van der Waals surface area (Å²) >= 11 is 7.15. The Hall–Kier alpha value is -2.48. The number of nitrogens with one attached hydrogen (secondary N) is 2. The summed E-state index contributed by atoms with van der Waals surface area (Å²) in [7, 11) is 0. The van der Waals surface area contributed by atoms with Gasteiger partial charge in [0.15, 0.2) is 13.2 Å². The highest BCUT2D eigenvalue weighted by Crippen LogP contribution is 2.31. The Kier molecular flexibility index (Phi) is 7.58. The minimum Gasteiger partial charge on any atom is -0.468 e. The molecule has 0 atom stereocenters. The van der Waals surface area contributed by atoms with Gasteiger partial charge in [0, 0.05) is 4.88 Å². The maximum Gasteiger partial charge on any atom is 0.422 e. The fourth-order valence-corrected chi connectivity index (χ4v) is 3.18. The van der Waals surface area contributed by atoms with E-state index in [2.05, 4.69) is 30.1 Å². The predicted molar refractivity (Wildman–Crippen MR) is 96.5 cm³/mol. The van der Waals surface area contributed by atoms with E-state index in [1.807, 2.05) is 6.92 Å². The zero-order chi connectivity index (χ0) is 22.5. The van der Waals surface area contributed by atoms with Crippen molar-refractivity contribution in [2.24, 2.45) is 0 Å². The molecule has 0 aliphatic heterocycles. The van der Waals surface area contributed by atoms with Gasteiger partial charge in [0.1, 0.15) is 0 Å². The highest BCUT2D eigenvalue weighted by molar-refractivity contribution is 7.16. The van der Waals surface area contributed by atoms with Gasteiger partial charge in [0.2, 0.25) is 17.7 Å². The van der Waals surface area contributed by atoms with E-state index in [1.165, 1.54) is 17.4 Å². The van der Waals surface area contributed by atoms with Crippen LogP contribution in [0.15, 0.2) is 12.1 Å². The van der Waals surface area contributed by atoms with Crippen LogP contribution >= 0.6 is 22.9 Å². The number of carbonyl (C=O) groups is 1. The summed E-state index contributed by atoms with van der Waals surface area (Å²) < 4.78 is 82.7. The van der Waals surface area contributed by atoms with E-state index in [9.17, 15) is 31.1 Å². The van der Waals surface area contributed by atoms with Gasteiger partial charge in [-0.05, 0) is 12.5 Å².